The summed E-state index contributed by atoms with van der Waals surface area (Å²) in [4.78, 5) is 4.87. The summed E-state index contributed by atoms with van der Waals surface area (Å²) in [6.45, 7) is 2.13. The fourth-order valence-corrected chi connectivity index (χ4v) is 2.86. The van der Waals surface area contributed by atoms with Gasteiger partial charge in [-0.05, 0) is 37.7 Å². The van der Waals surface area contributed by atoms with Crippen molar-refractivity contribution in [1.82, 2.24) is 0 Å². The lowest BCUT2D eigenvalue weighted by atomic mass is 9.98. The average Bonchev–Trinajstić information content (AvgIpc) is 2.78. The SMILES string of the molecule is Cc1ccc(C2=N[C@@H]3CCC[C@@H]3C2)cc1. The van der Waals surface area contributed by atoms with Gasteiger partial charge in [0.15, 0.2) is 0 Å². The summed E-state index contributed by atoms with van der Waals surface area (Å²) in [5.41, 5.74) is 4.03. The molecule has 1 aromatic rings. The lowest BCUT2D eigenvalue weighted by Gasteiger charge is -2.04. The minimum atomic E-state index is 0.654. The lowest BCUT2D eigenvalue weighted by molar-refractivity contribution is 0.536. The highest BCUT2D eigenvalue weighted by Crippen LogP contribution is 2.37. The Hall–Kier alpha value is -1.11. The van der Waals surface area contributed by atoms with Gasteiger partial charge in [0.05, 0.1) is 6.04 Å². The Bertz CT molecular complexity index is 388. The van der Waals surface area contributed by atoms with Crippen LogP contribution in [-0.2, 0) is 0 Å². The lowest BCUT2D eigenvalue weighted by Crippen LogP contribution is -2.04. The van der Waals surface area contributed by atoms with Gasteiger partial charge >= 0.3 is 0 Å². The maximum atomic E-state index is 4.87. The van der Waals surface area contributed by atoms with E-state index in [1.54, 1.807) is 0 Å². The van der Waals surface area contributed by atoms with E-state index < -0.39 is 0 Å². The molecule has 0 bridgehead atoms. The Labute approximate surface area is 91.2 Å². The third-order valence-electron chi connectivity index (χ3n) is 3.78. The van der Waals surface area contributed by atoms with Crippen LogP contribution in [0.5, 0.6) is 0 Å². The summed E-state index contributed by atoms with van der Waals surface area (Å²) >= 11 is 0. The van der Waals surface area contributed by atoms with Crippen LogP contribution < -0.4 is 0 Å². The molecule has 2 atom stereocenters. The molecule has 1 heterocycles. The van der Waals surface area contributed by atoms with Crippen molar-refractivity contribution in [1.29, 1.82) is 0 Å². The number of hydrogen-bond donors (Lipinski definition) is 0. The van der Waals surface area contributed by atoms with E-state index in [1.165, 1.54) is 42.5 Å². The van der Waals surface area contributed by atoms with Crippen LogP contribution in [0.25, 0.3) is 0 Å². The summed E-state index contributed by atoms with van der Waals surface area (Å²) in [5.74, 6) is 0.862. The van der Waals surface area contributed by atoms with Gasteiger partial charge in [-0.1, -0.05) is 36.2 Å². The zero-order valence-corrected chi connectivity index (χ0v) is 9.24. The molecular formula is C14H17N. The molecule has 1 fully saturated rings. The first-order chi connectivity index (χ1) is 7.33. The minimum absolute atomic E-state index is 0.654. The molecule has 0 spiro atoms. The molecule has 0 aromatic heterocycles. The number of aryl methyl sites for hydroxylation is 1. The molecular weight excluding hydrogens is 182 g/mol. The van der Waals surface area contributed by atoms with Gasteiger partial charge in [-0.25, -0.2) is 0 Å². The van der Waals surface area contributed by atoms with Crippen molar-refractivity contribution < 1.29 is 0 Å². The van der Waals surface area contributed by atoms with Crippen LogP contribution in [0.2, 0.25) is 0 Å². The third-order valence-corrected chi connectivity index (χ3v) is 3.78. The van der Waals surface area contributed by atoms with E-state index in [1.807, 2.05) is 0 Å². The van der Waals surface area contributed by atoms with E-state index >= 15 is 0 Å². The molecule has 0 N–H and O–H groups in total. The van der Waals surface area contributed by atoms with Crippen LogP contribution in [0.4, 0.5) is 0 Å². The molecule has 1 aliphatic carbocycles. The van der Waals surface area contributed by atoms with Gasteiger partial charge in [-0.3, -0.25) is 4.99 Å². The van der Waals surface area contributed by atoms with Crippen LogP contribution in [0, 0.1) is 12.8 Å². The van der Waals surface area contributed by atoms with Gasteiger partial charge in [-0.15, -0.1) is 0 Å². The summed E-state index contributed by atoms with van der Waals surface area (Å²) in [6, 6.07) is 9.46. The average molecular weight is 199 g/mol. The molecule has 1 nitrogen and oxygen atoms in total. The molecule has 0 radical (unpaired) electrons. The van der Waals surface area contributed by atoms with E-state index in [0.717, 1.165) is 5.92 Å². The van der Waals surface area contributed by atoms with Gasteiger partial charge in [0.2, 0.25) is 0 Å². The van der Waals surface area contributed by atoms with Crippen LogP contribution >= 0.6 is 0 Å². The molecule has 1 heteroatoms. The predicted molar refractivity (Wildman–Crippen MR) is 63.5 cm³/mol. The zero-order valence-electron chi connectivity index (χ0n) is 9.24. The third kappa shape index (κ3) is 1.60. The topological polar surface area (TPSA) is 12.4 Å². The van der Waals surface area contributed by atoms with E-state index in [4.69, 9.17) is 4.99 Å². The van der Waals surface area contributed by atoms with Crippen molar-refractivity contribution in [3.8, 4) is 0 Å². The zero-order chi connectivity index (χ0) is 10.3. The molecule has 1 saturated carbocycles. The minimum Gasteiger partial charge on any atom is -0.286 e. The van der Waals surface area contributed by atoms with Crippen LogP contribution in [0.3, 0.4) is 0 Å². The van der Waals surface area contributed by atoms with E-state index in [-0.39, 0.29) is 0 Å². The number of rotatable bonds is 1. The molecule has 3 rings (SSSR count). The molecule has 0 unspecified atom stereocenters. The molecule has 0 saturated heterocycles. The van der Waals surface area contributed by atoms with Gasteiger partial charge in [0, 0.05) is 5.71 Å². The van der Waals surface area contributed by atoms with E-state index in [2.05, 4.69) is 31.2 Å². The molecule has 1 aromatic carbocycles. The fourth-order valence-electron chi connectivity index (χ4n) is 2.86. The highest BCUT2D eigenvalue weighted by atomic mass is 14.9. The van der Waals surface area contributed by atoms with Crippen LogP contribution in [0.15, 0.2) is 29.3 Å². The molecule has 1 aliphatic heterocycles. The highest BCUT2D eigenvalue weighted by Gasteiger charge is 2.33. The molecule has 2 aliphatic rings. The first-order valence-electron chi connectivity index (χ1n) is 5.96. The van der Waals surface area contributed by atoms with Crippen molar-refractivity contribution >= 4 is 5.71 Å². The monoisotopic (exact) mass is 199 g/mol. The number of hydrogen-bond acceptors (Lipinski definition) is 1. The van der Waals surface area contributed by atoms with Crippen molar-refractivity contribution in [2.45, 2.75) is 38.6 Å². The normalized spacial score (nSPS) is 29.0. The Morgan fingerprint density at radius 2 is 1.93 bits per heavy atom. The van der Waals surface area contributed by atoms with Crippen molar-refractivity contribution in [3.63, 3.8) is 0 Å². The molecule has 15 heavy (non-hydrogen) atoms. The largest absolute Gasteiger partial charge is 0.286 e. The second kappa shape index (κ2) is 3.48. The Morgan fingerprint density at radius 3 is 2.67 bits per heavy atom. The second-order valence-electron chi connectivity index (χ2n) is 4.90. The maximum absolute atomic E-state index is 4.87. The van der Waals surface area contributed by atoms with Crippen molar-refractivity contribution in [3.05, 3.63) is 35.4 Å². The second-order valence-corrected chi connectivity index (χ2v) is 4.90. The summed E-state index contributed by atoms with van der Waals surface area (Å²) in [5, 5.41) is 0. The summed E-state index contributed by atoms with van der Waals surface area (Å²) < 4.78 is 0. The summed E-state index contributed by atoms with van der Waals surface area (Å²) in [7, 11) is 0. The highest BCUT2D eigenvalue weighted by molar-refractivity contribution is 6.02. The number of benzene rings is 1. The Kier molecular flexibility index (Phi) is 2.12. The first kappa shape index (κ1) is 9.14. The van der Waals surface area contributed by atoms with E-state index in [0.29, 0.717) is 6.04 Å². The van der Waals surface area contributed by atoms with Gasteiger partial charge in [0.1, 0.15) is 0 Å². The van der Waals surface area contributed by atoms with E-state index in [9.17, 15) is 0 Å². The number of nitrogens with zero attached hydrogens (tertiary/aromatic N) is 1. The quantitative estimate of drug-likeness (QED) is 0.657. The van der Waals surface area contributed by atoms with Crippen LogP contribution in [0.1, 0.15) is 36.8 Å². The Balaban J connectivity index is 1.87. The maximum Gasteiger partial charge on any atom is 0.0535 e. The molecule has 78 valence electrons. The van der Waals surface area contributed by atoms with Crippen molar-refractivity contribution in [2.75, 3.05) is 0 Å². The van der Waals surface area contributed by atoms with Crippen LogP contribution in [-0.4, -0.2) is 11.8 Å². The number of fused-ring (bicyclic) bond motifs is 1. The van der Waals surface area contributed by atoms with Gasteiger partial charge < -0.3 is 0 Å². The summed E-state index contributed by atoms with van der Waals surface area (Å²) in [6.07, 6.45) is 5.32. The number of aliphatic imine (C=N–C) groups is 1. The van der Waals surface area contributed by atoms with Crippen molar-refractivity contribution in [2.24, 2.45) is 10.9 Å². The predicted octanol–water partition coefficient (Wildman–Crippen LogP) is 3.36. The standard InChI is InChI=1S/C14H17N/c1-10-5-7-11(8-6-10)14-9-12-3-2-4-13(12)15-14/h5-8,12-13H,2-4,9H2,1H3/t12-,13-/m1/s1. The van der Waals surface area contributed by atoms with Gasteiger partial charge in [-0.2, -0.15) is 0 Å². The first-order valence-corrected chi connectivity index (χ1v) is 5.96. The molecule has 0 amide bonds. The Morgan fingerprint density at radius 1 is 1.13 bits per heavy atom. The smallest absolute Gasteiger partial charge is 0.0535 e. The van der Waals surface area contributed by atoms with Gasteiger partial charge in [0.25, 0.3) is 0 Å². The fraction of sp³-hybridized carbons (Fsp3) is 0.500.